The molecule has 1 atom stereocenters. The summed E-state index contributed by atoms with van der Waals surface area (Å²) in [6.45, 7) is 8.46. The molecule has 0 fully saturated rings. The normalized spacial score (nSPS) is 14.6. The van der Waals surface area contributed by atoms with Gasteiger partial charge in [-0.25, -0.2) is 0 Å². The maximum absolute atomic E-state index is 5.57. The molecule has 2 heterocycles. The van der Waals surface area contributed by atoms with Gasteiger partial charge in [0.25, 0.3) is 0 Å². The molecule has 0 aliphatic carbocycles. The van der Waals surface area contributed by atoms with Crippen LogP contribution in [0.4, 0.5) is 0 Å². The van der Waals surface area contributed by atoms with Crippen LogP contribution in [0.15, 0.2) is 41.7 Å². The van der Waals surface area contributed by atoms with Crippen molar-refractivity contribution in [1.29, 1.82) is 0 Å². The lowest BCUT2D eigenvalue weighted by molar-refractivity contribution is 0.357. The summed E-state index contributed by atoms with van der Waals surface area (Å²) in [5.41, 5.74) is 2.67. The summed E-state index contributed by atoms with van der Waals surface area (Å²) in [4.78, 5) is 4.72. The Morgan fingerprint density at radius 1 is 1.38 bits per heavy atom. The number of nitrogens with one attached hydrogen (secondary N) is 2. The van der Waals surface area contributed by atoms with Gasteiger partial charge in [-0.15, -0.1) is 0 Å². The largest absolute Gasteiger partial charge is 0.493 e. The van der Waals surface area contributed by atoms with Crippen molar-refractivity contribution in [3.63, 3.8) is 0 Å². The van der Waals surface area contributed by atoms with Crippen molar-refractivity contribution in [2.75, 3.05) is 26.2 Å². The van der Waals surface area contributed by atoms with E-state index in [0.29, 0.717) is 5.92 Å². The second-order valence-corrected chi connectivity index (χ2v) is 6.77. The van der Waals surface area contributed by atoms with Gasteiger partial charge in [0.15, 0.2) is 5.96 Å². The van der Waals surface area contributed by atoms with E-state index in [9.17, 15) is 0 Å². The summed E-state index contributed by atoms with van der Waals surface area (Å²) in [7, 11) is 0. The first kappa shape index (κ1) is 18.3. The summed E-state index contributed by atoms with van der Waals surface area (Å²) < 4.78 is 7.53. The van der Waals surface area contributed by atoms with Gasteiger partial charge in [-0.3, -0.25) is 9.67 Å². The highest BCUT2D eigenvalue weighted by atomic mass is 16.5. The molecule has 1 aromatic carbocycles. The molecular formula is C20H29N5O. The van der Waals surface area contributed by atoms with Gasteiger partial charge in [0, 0.05) is 45.0 Å². The number of aliphatic imine (C=N–C) groups is 1. The number of nitrogens with zero attached hydrogens (tertiary/aromatic N) is 3. The molecule has 140 valence electrons. The Kier molecular flexibility index (Phi) is 6.52. The van der Waals surface area contributed by atoms with Crippen molar-refractivity contribution in [2.24, 2.45) is 10.9 Å². The minimum Gasteiger partial charge on any atom is -0.493 e. The Morgan fingerprint density at radius 3 is 3.12 bits per heavy atom. The first-order chi connectivity index (χ1) is 12.7. The van der Waals surface area contributed by atoms with E-state index in [1.54, 1.807) is 0 Å². The van der Waals surface area contributed by atoms with Gasteiger partial charge in [-0.05, 0) is 42.5 Å². The van der Waals surface area contributed by atoms with Crippen LogP contribution in [0, 0.1) is 5.92 Å². The molecule has 2 aromatic rings. The number of rotatable bonds is 8. The lowest BCUT2D eigenvalue weighted by Crippen LogP contribution is -2.38. The monoisotopic (exact) mass is 355 g/mol. The zero-order valence-corrected chi connectivity index (χ0v) is 15.7. The minimum absolute atomic E-state index is 0.432. The van der Waals surface area contributed by atoms with Gasteiger partial charge in [0.2, 0.25) is 0 Å². The smallest absolute Gasteiger partial charge is 0.191 e. The van der Waals surface area contributed by atoms with Crippen LogP contribution in [0.5, 0.6) is 5.75 Å². The molecule has 0 bridgehead atoms. The fourth-order valence-corrected chi connectivity index (χ4v) is 3.10. The van der Waals surface area contributed by atoms with Gasteiger partial charge in [0.1, 0.15) is 5.75 Å². The van der Waals surface area contributed by atoms with Crippen molar-refractivity contribution in [3.8, 4) is 5.75 Å². The maximum atomic E-state index is 5.57. The van der Waals surface area contributed by atoms with Crippen molar-refractivity contribution in [2.45, 2.75) is 33.2 Å². The van der Waals surface area contributed by atoms with Gasteiger partial charge in [0.05, 0.1) is 6.61 Å². The fourth-order valence-electron chi connectivity index (χ4n) is 3.10. The van der Waals surface area contributed by atoms with E-state index in [1.165, 1.54) is 11.1 Å². The molecule has 1 unspecified atom stereocenters. The van der Waals surface area contributed by atoms with Gasteiger partial charge >= 0.3 is 0 Å². The third-order valence-electron chi connectivity index (χ3n) is 4.42. The molecule has 0 saturated carbocycles. The Hall–Kier alpha value is -2.50. The molecule has 26 heavy (non-hydrogen) atoms. The van der Waals surface area contributed by atoms with Crippen LogP contribution in [-0.4, -0.2) is 42.0 Å². The SMILES string of the molecule is CCNC(=NCC(C)Cn1cccn1)NCCc1ccc2c(c1)CCO2. The van der Waals surface area contributed by atoms with Crippen molar-refractivity contribution < 1.29 is 4.74 Å². The molecule has 1 aliphatic heterocycles. The molecule has 6 heteroatoms. The average molecular weight is 355 g/mol. The van der Waals surface area contributed by atoms with Crippen LogP contribution >= 0.6 is 0 Å². The van der Waals surface area contributed by atoms with Crippen molar-refractivity contribution in [3.05, 3.63) is 47.8 Å². The second-order valence-electron chi connectivity index (χ2n) is 6.77. The molecule has 1 aliphatic rings. The van der Waals surface area contributed by atoms with Crippen LogP contribution < -0.4 is 15.4 Å². The lowest BCUT2D eigenvalue weighted by Gasteiger charge is -2.14. The van der Waals surface area contributed by atoms with Crippen LogP contribution in [-0.2, 0) is 19.4 Å². The highest BCUT2D eigenvalue weighted by Gasteiger charge is 2.11. The van der Waals surface area contributed by atoms with E-state index in [1.807, 2.05) is 23.1 Å². The lowest BCUT2D eigenvalue weighted by atomic mass is 10.1. The predicted molar refractivity (Wildman–Crippen MR) is 105 cm³/mol. The molecule has 0 saturated heterocycles. The first-order valence-electron chi connectivity index (χ1n) is 9.49. The van der Waals surface area contributed by atoms with E-state index >= 15 is 0 Å². The number of benzene rings is 1. The Morgan fingerprint density at radius 2 is 2.31 bits per heavy atom. The highest BCUT2D eigenvalue weighted by Crippen LogP contribution is 2.25. The molecule has 0 spiro atoms. The van der Waals surface area contributed by atoms with Crippen molar-refractivity contribution in [1.82, 2.24) is 20.4 Å². The maximum Gasteiger partial charge on any atom is 0.191 e. The number of hydrogen-bond donors (Lipinski definition) is 2. The van der Waals surface area contributed by atoms with Gasteiger partial charge in [-0.1, -0.05) is 19.1 Å². The number of ether oxygens (including phenoxy) is 1. The van der Waals surface area contributed by atoms with E-state index < -0.39 is 0 Å². The van der Waals surface area contributed by atoms with E-state index in [0.717, 1.165) is 57.3 Å². The zero-order valence-electron chi connectivity index (χ0n) is 15.7. The number of aromatic nitrogens is 2. The zero-order chi connectivity index (χ0) is 18.2. The summed E-state index contributed by atoms with van der Waals surface area (Å²) in [5, 5.41) is 11.0. The Balaban J connectivity index is 1.46. The summed E-state index contributed by atoms with van der Waals surface area (Å²) in [6.07, 6.45) is 5.80. The van der Waals surface area contributed by atoms with E-state index in [-0.39, 0.29) is 0 Å². The highest BCUT2D eigenvalue weighted by molar-refractivity contribution is 5.79. The predicted octanol–water partition coefficient (Wildman–Crippen LogP) is 2.25. The van der Waals surface area contributed by atoms with Gasteiger partial charge in [-0.2, -0.15) is 5.10 Å². The quantitative estimate of drug-likeness (QED) is 0.563. The van der Waals surface area contributed by atoms with Crippen LogP contribution in [0.25, 0.3) is 0 Å². The minimum atomic E-state index is 0.432. The number of fused-ring (bicyclic) bond motifs is 1. The summed E-state index contributed by atoms with van der Waals surface area (Å²) in [5.74, 6) is 2.36. The molecule has 0 amide bonds. The van der Waals surface area contributed by atoms with Crippen molar-refractivity contribution >= 4 is 5.96 Å². The third kappa shape index (κ3) is 5.25. The number of guanidine groups is 1. The third-order valence-corrected chi connectivity index (χ3v) is 4.42. The van der Waals surface area contributed by atoms with Crippen LogP contribution in [0.1, 0.15) is 25.0 Å². The molecular weight excluding hydrogens is 326 g/mol. The van der Waals surface area contributed by atoms with Crippen LogP contribution in [0.3, 0.4) is 0 Å². The first-order valence-corrected chi connectivity index (χ1v) is 9.49. The van der Waals surface area contributed by atoms with Crippen LogP contribution in [0.2, 0.25) is 0 Å². The topological polar surface area (TPSA) is 63.5 Å². The molecule has 2 N–H and O–H groups in total. The summed E-state index contributed by atoms with van der Waals surface area (Å²) in [6, 6.07) is 8.46. The van der Waals surface area contributed by atoms with E-state index in [4.69, 9.17) is 9.73 Å². The standard InChI is InChI=1S/C20H29N5O/c1-3-21-20(23-14-16(2)15-25-11-4-9-24-25)22-10-7-17-5-6-19-18(13-17)8-12-26-19/h4-6,9,11,13,16H,3,7-8,10,12,14-15H2,1-2H3,(H2,21,22,23). The Labute approximate surface area is 155 Å². The average Bonchev–Trinajstić information content (AvgIpc) is 3.30. The summed E-state index contributed by atoms with van der Waals surface area (Å²) >= 11 is 0. The van der Waals surface area contributed by atoms with Gasteiger partial charge < -0.3 is 15.4 Å². The molecule has 6 nitrogen and oxygen atoms in total. The molecule has 1 aromatic heterocycles. The second kappa shape index (κ2) is 9.27. The fraction of sp³-hybridized carbons (Fsp3) is 0.500. The molecule has 3 rings (SSSR count). The molecule has 0 radical (unpaired) electrons. The number of hydrogen-bond acceptors (Lipinski definition) is 3. The van der Waals surface area contributed by atoms with E-state index in [2.05, 4.69) is 47.8 Å². The Bertz CT molecular complexity index is 711.